The molecule has 2 amide bonds. The van der Waals surface area contributed by atoms with Crippen LogP contribution in [0.5, 0.6) is 34.5 Å². The zero-order valence-corrected chi connectivity index (χ0v) is 36.2. The predicted octanol–water partition coefficient (Wildman–Crippen LogP) is 8.29. The molecular formula is C48H61N3O8. The summed E-state index contributed by atoms with van der Waals surface area (Å²) in [6.45, 7) is 6.38. The molecule has 2 saturated heterocycles. The molecule has 2 aliphatic rings. The molecule has 11 heteroatoms. The van der Waals surface area contributed by atoms with Crippen LogP contribution in [0.15, 0.2) is 72.8 Å². The Labute approximate surface area is 350 Å². The summed E-state index contributed by atoms with van der Waals surface area (Å²) in [6, 6.07) is 23.2. The van der Waals surface area contributed by atoms with E-state index in [0.717, 1.165) is 80.7 Å². The minimum absolute atomic E-state index is 0.0705. The predicted molar refractivity (Wildman–Crippen MR) is 232 cm³/mol. The van der Waals surface area contributed by atoms with Crippen LogP contribution >= 0.6 is 0 Å². The van der Waals surface area contributed by atoms with Crippen LogP contribution in [-0.2, 0) is 0 Å². The number of carbonyl (C=O) groups excluding carboxylic acids is 2. The van der Waals surface area contributed by atoms with Gasteiger partial charge in [-0.25, -0.2) is 0 Å². The summed E-state index contributed by atoms with van der Waals surface area (Å²) in [6.07, 6.45) is 3.93. The summed E-state index contributed by atoms with van der Waals surface area (Å²) in [5.41, 5.74) is 5.10. The van der Waals surface area contributed by atoms with Crippen molar-refractivity contribution in [2.45, 2.75) is 32.6 Å². The van der Waals surface area contributed by atoms with Gasteiger partial charge in [-0.05, 0) is 134 Å². The van der Waals surface area contributed by atoms with E-state index in [1.54, 1.807) is 42.7 Å². The summed E-state index contributed by atoms with van der Waals surface area (Å²) in [5, 5.41) is 0. The van der Waals surface area contributed by atoms with Gasteiger partial charge in [0, 0.05) is 43.9 Å². The summed E-state index contributed by atoms with van der Waals surface area (Å²) >= 11 is 0. The largest absolute Gasteiger partial charge is 0.493 e. The van der Waals surface area contributed by atoms with Gasteiger partial charge in [-0.3, -0.25) is 9.59 Å². The molecule has 59 heavy (non-hydrogen) atoms. The van der Waals surface area contributed by atoms with E-state index in [1.165, 1.54) is 0 Å². The standard InChI is InChI=1S/C48H61N3O8/c1-31(30-49(2)3)44(34-18-22-50(23-19-34)47(52)36-14-10-32(11-15-36)38-26-40(54-4)45(58-8)41(27-38)55-5)35-20-24-51(25-21-35)48(53)37-16-12-33(13-17-37)39-28-42(56-6)46(59-9)43(29-39)57-7/h10-17,26-29,31,34-35,44H,18-25,30H2,1-9H3. The molecule has 4 aromatic carbocycles. The van der Waals surface area contributed by atoms with Gasteiger partial charge in [0.1, 0.15) is 0 Å². The molecule has 0 aromatic heterocycles. The molecule has 1 atom stereocenters. The maximum Gasteiger partial charge on any atom is 0.253 e. The molecule has 0 spiro atoms. The molecule has 2 aliphatic heterocycles. The number of hydrogen-bond acceptors (Lipinski definition) is 9. The average Bonchev–Trinajstić information content (AvgIpc) is 3.27. The van der Waals surface area contributed by atoms with E-state index in [0.29, 0.717) is 69.3 Å². The Morgan fingerprint density at radius 2 is 0.864 bits per heavy atom. The number of piperidine rings is 2. The van der Waals surface area contributed by atoms with Crippen molar-refractivity contribution in [1.29, 1.82) is 0 Å². The second-order valence-corrected chi connectivity index (χ2v) is 16.1. The van der Waals surface area contributed by atoms with Crippen molar-refractivity contribution in [3.63, 3.8) is 0 Å². The monoisotopic (exact) mass is 807 g/mol. The zero-order chi connectivity index (χ0) is 42.2. The fraction of sp³-hybridized carbons (Fsp3) is 0.458. The topological polar surface area (TPSA) is 99.2 Å². The third-order valence-corrected chi connectivity index (χ3v) is 12.3. The maximum absolute atomic E-state index is 13.8. The third kappa shape index (κ3) is 9.57. The van der Waals surface area contributed by atoms with Gasteiger partial charge in [-0.1, -0.05) is 31.2 Å². The first-order valence-corrected chi connectivity index (χ1v) is 20.6. The SMILES string of the molecule is COc1cc(-c2ccc(C(=O)N3CCC(C(C(C)CN(C)C)C4CCN(C(=O)c5ccc(-c6cc(OC)c(OC)c(OC)c6)cc5)CC4)CC3)cc2)cc(OC)c1OC. The van der Waals surface area contributed by atoms with Gasteiger partial charge in [-0.2, -0.15) is 0 Å². The van der Waals surface area contributed by atoms with Gasteiger partial charge in [-0.15, -0.1) is 0 Å². The first-order valence-electron chi connectivity index (χ1n) is 20.6. The van der Waals surface area contributed by atoms with Crippen LogP contribution in [0, 0.1) is 23.7 Å². The Kier molecular flexibility index (Phi) is 14.3. The minimum atomic E-state index is 0.0705. The summed E-state index contributed by atoms with van der Waals surface area (Å²) in [4.78, 5) is 33.9. The van der Waals surface area contributed by atoms with Crippen molar-refractivity contribution >= 4 is 11.8 Å². The van der Waals surface area contributed by atoms with Crippen molar-refractivity contribution in [3.05, 3.63) is 83.9 Å². The second-order valence-electron chi connectivity index (χ2n) is 16.1. The number of nitrogens with zero attached hydrogens (tertiary/aromatic N) is 3. The van der Waals surface area contributed by atoms with Crippen LogP contribution in [0.3, 0.4) is 0 Å². The number of amides is 2. The lowest BCUT2D eigenvalue weighted by atomic mass is 9.67. The average molecular weight is 808 g/mol. The van der Waals surface area contributed by atoms with E-state index in [4.69, 9.17) is 28.4 Å². The van der Waals surface area contributed by atoms with Crippen LogP contribution in [0.1, 0.15) is 53.3 Å². The second kappa shape index (κ2) is 19.6. The molecule has 316 valence electrons. The summed E-state index contributed by atoms with van der Waals surface area (Å²) in [7, 11) is 13.9. The highest BCUT2D eigenvalue weighted by Crippen LogP contribution is 2.44. The first-order chi connectivity index (χ1) is 28.5. The lowest BCUT2D eigenvalue weighted by molar-refractivity contribution is 0.0341. The molecule has 6 rings (SSSR count). The molecule has 2 fully saturated rings. The highest BCUT2D eigenvalue weighted by Gasteiger charge is 2.38. The van der Waals surface area contributed by atoms with Crippen molar-refractivity contribution in [2.24, 2.45) is 23.7 Å². The maximum atomic E-state index is 13.8. The van der Waals surface area contributed by atoms with E-state index in [2.05, 4.69) is 25.9 Å². The molecule has 0 saturated carbocycles. The number of ether oxygens (including phenoxy) is 6. The Morgan fingerprint density at radius 3 is 1.14 bits per heavy atom. The lowest BCUT2D eigenvalue weighted by Crippen LogP contribution is -2.46. The van der Waals surface area contributed by atoms with Crippen LogP contribution < -0.4 is 28.4 Å². The third-order valence-electron chi connectivity index (χ3n) is 12.3. The Bertz CT molecular complexity index is 1850. The smallest absolute Gasteiger partial charge is 0.253 e. The first kappa shape index (κ1) is 43.2. The van der Waals surface area contributed by atoms with Gasteiger partial charge in [0.25, 0.3) is 11.8 Å². The van der Waals surface area contributed by atoms with Crippen LogP contribution in [-0.4, -0.2) is 116 Å². The van der Waals surface area contributed by atoms with E-state index < -0.39 is 0 Å². The molecule has 2 heterocycles. The number of hydrogen-bond donors (Lipinski definition) is 0. The molecule has 0 bridgehead atoms. The molecule has 0 radical (unpaired) electrons. The molecular weight excluding hydrogens is 747 g/mol. The molecule has 11 nitrogen and oxygen atoms in total. The fourth-order valence-electron chi connectivity index (χ4n) is 9.46. The molecule has 0 N–H and O–H groups in total. The van der Waals surface area contributed by atoms with Crippen LogP contribution in [0.25, 0.3) is 22.3 Å². The fourth-order valence-corrected chi connectivity index (χ4v) is 9.46. The van der Waals surface area contributed by atoms with Crippen molar-refractivity contribution in [1.82, 2.24) is 14.7 Å². The van der Waals surface area contributed by atoms with Crippen molar-refractivity contribution in [2.75, 3.05) is 89.5 Å². The highest BCUT2D eigenvalue weighted by atomic mass is 16.5. The summed E-state index contributed by atoms with van der Waals surface area (Å²) < 4.78 is 33.2. The Hall–Kier alpha value is -5.42. The van der Waals surface area contributed by atoms with E-state index in [-0.39, 0.29) is 11.8 Å². The Morgan fingerprint density at radius 1 is 0.542 bits per heavy atom. The number of likely N-dealkylation sites (tertiary alicyclic amines) is 2. The number of methoxy groups -OCH3 is 6. The van der Waals surface area contributed by atoms with Gasteiger partial charge in [0.15, 0.2) is 23.0 Å². The van der Waals surface area contributed by atoms with Crippen LogP contribution in [0.4, 0.5) is 0 Å². The zero-order valence-electron chi connectivity index (χ0n) is 36.2. The molecule has 0 aliphatic carbocycles. The van der Waals surface area contributed by atoms with Crippen molar-refractivity contribution < 1.29 is 38.0 Å². The van der Waals surface area contributed by atoms with Crippen LogP contribution in [0.2, 0.25) is 0 Å². The van der Waals surface area contributed by atoms with Gasteiger partial charge in [0.05, 0.1) is 42.7 Å². The highest BCUT2D eigenvalue weighted by molar-refractivity contribution is 5.95. The quantitative estimate of drug-likeness (QED) is 0.118. The number of carbonyl (C=O) groups is 2. The van der Waals surface area contributed by atoms with E-state index >= 15 is 0 Å². The number of benzene rings is 4. The lowest BCUT2D eigenvalue weighted by Gasteiger charge is -2.45. The normalized spacial score (nSPS) is 15.6. The van der Waals surface area contributed by atoms with Gasteiger partial charge < -0.3 is 43.1 Å². The van der Waals surface area contributed by atoms with Gasteiger partial charge in [0.2, 0.25) is 11.5 Å². The molecule has 1 unspecified atom stereocenters. The van der Waals surface area contributed by atoms with E-state index in [9.17, 15) is 9.59 Å². The minimum Gasteiger partial charge on any atom is -0.493 e. The summed E-state index contributed by atoms with van der Waals surface area (Å²) in [5.74, 6) is 5.61. The molecule has 4 aromatic rings. The Balaban J connectivity index is 1.07. The number of rotatable bonds is 15. The van der Waals surface area contributed by atoms with Crippen molar-refractivity contribution in [3.8, 4) is 56.8 Å². The van der Waals surface area contributed by atoms with Gasteiger partial charge >= 0.3 is 0 Å². The van der Waals surface area contributed by atoms with E-state index in [1.807, 2.05) is 82.6 Å².